The molecule has 112 valence electrons. The Kier molecular flexibility index (Phi) is 3.85. The van der Waals surface area contributed by atoms with Crippen LogP contribution in [0.5, 0.6) is 0 Å². The number of aromatic nitrogens is 4. The zero-order valence-corrected chi connectivity index (χ0v) is 12.2. The lowest BCUT2D eigenvalue weighted by Gasteiger charge is -2.35. The fraction of sp³-hybridized carbons (Fsp3) is 0.500. The molecule has 2 aromatic heterocycles. The first-order valence-corrected chi connectivity index (χ1v) is 7.00. The SMILES string of the molecule is Cc1nc(C2COCCN2Cc2ccnn2C)cc(=O)[nH]1. The Morgan fingerprint density at radius 3 is 3.10 bits per heavy atom. The van der Waals surface area contributed by atoms with Gasteiger partial charge in [0.25, 0.3) is 5.56 Å². The Morgan fingerprint density at radius 2 is 2.38 bits per heavy atom. The molecule has 2 aromatic rings. The minimum absolute atomic E-state index is 0.00495. The maximum atomic E-state index is 11.7. The van der Waals surface area contributed by atoms with Gasteiger partial charge in [-0.1, -0.05) is 0 Å². The summed E-state index contributed by atoms with van der Waals surface area (Å²) >= 11 is 0. The van der Waals surface area contributed by atoms with Crippen LogP contribution in [0, 0.1) is 6.92 Å². The predicted octanol–water partition coefficient (Wildman–Crippen LogP) is 0.385. The van der Waals surface area contributed by atoms with E-state index in [0.717, 1.165) is 24.5 Å². The molecule has 1 N–H and O–H groups in total. The van der Waals surface area contributed by atoms with Crippen LogP contribution < -0.4 is 5.56 Å². The van der Waals surface area contributed by atoms with E-state index in [1.165, 1.54) is 0 Å². The molecule has 1 saturated heterocycles. The summed E-state index contributed by atoms with van der Waals surface area (Å²) in [6.07, 6.45) is 1.79. The Hall–Kier alpha value is -1.99. The zero-order chi connectivity index (χ0) is 14.8. The fourth-order valence-electron chi connectivity index (χ4n) is 2.64. The van der Waals surface area contributed by atoms with Gasteiger partial charge in [-0.05, 0) is 13.0 Å². The van der Waals surface area contributed by atoms with Crippen LogP contribution in [0.2, 0.25) is 0 Å². The quantitative estimate of drug-likeness (QED) is 0.884. The van der Waals surface area contributed by atoms with Crippen molar-refractivity contribution < 1.29 is 4.74 Å². The van der Waals surface area contributed by atoms with Gasteiger partial charge in [0.1, 0.15) is 5.82 Å². The molecule has 0 aliphatic carbocycles. The van der Waals surface area contributed by atoms with Gasteiger partial charge in [0.15, 0.2) is 0 Å². The molecule has 0 spiro atoms. The lowest BCUT2D eigenvalue weighted by molar-refractivity contribution is -0.0153. The first-order chi connectivity index (χ1) is 10.1. The van der Waals surface area contributed by atoms with E-state index >= 15 is 0 Å². The van der Waals surface area contributed by atoms with Crippen molar-refractivity contribution in [1.82, 2.24) is 24.6 Å². The summed E-state index contributed by atoms with van der Waals surface area (Å²) in [5.74, 6) is 0.628. The molecular weight excluding hydrogens is 270 g/mol. The summed E-state index contributed by atoms with van der Waals surface area (Å²) in [5.41, 5.74) is 1.77. The third-order valence-electron chi connectivity index (χ3n) is 3.75. The number of nitrogens with one attached hydrogen (secondary N) is 1. The van der Waals surface area contributed by atoms with Crippen molar-refractivity contribution in [3.05, 3.63) is 45.9 Å². The van der Waals surface area contributed by atoms with E-state index in [1.54, 1.807) is 19.2 Å². The largest absolute Gasteiger partial charge is 0.378 e. The highest BCUT2D eigenvalue weighted by atomic mass is 16.5. The highest BCUT2D eigenvalue weighted by molar-refractivity contribution is 5.10. The lowest BCUT2D eigenvalue weighted by atomic mass is 10.1. The highest BCUT2D eigenvalue weighted by Crippen LogP contribution is 2.23. The van der Waals surface area contributed by atoms with E-state index in [1.807, 2.05) is 17.8 Å². The standard InChI is InChI=1S/C14H19N5O2/c1-10-16-12(7-14(20)17-10)13-9-21-6-5-19(13)8-11-3-4-15-18(11)2/h3-4,7,13H,5-6,8-9H2,1-2H3,(H,16,17,20). The van der Waals surface area contributed by atoms with Gasteiger partial charge in [-0.2, -0.15) is 5.10 Å². The van der Waals surface area contributed by atoms with Crippen LogP contribution in [0.25, 0.3) is 0 Å². The Balaban J connectivity index is 1.87. The monoisotopic (exact) mass is 289 g/mol. The van der Waals surface area contributed by atoms with Crippen molar-refractivity contribution in [2.24, 2.45) is 7.05 Å². The van der Waals surface area contributed by atoms with Crippen LogP contribution >= 0.6 is 0 Å². The average Bonchev–Trinajstić information content (AvgIpc) is 2.84. The molecule has 0 bridgehead atoms. The maximum absolute atomic E-state index is 11.7. The van der Waals surface area contributed by atoms with Gasteiger partial charge >= 0.3 is 0 Å². The number of aryl methyl sites for hydroxylation is 2. The molecule has 1 atom stereocenters. The molecule has 0 aromatic carbocycles. The minimum Gasteiger partial charge on any atom is -0.378 e. The molecule has 7 nitrogen and oxygen atoms in total. The van der Waals surface area contributed by atoms with E-state index in [0.29, 0.717) is 19.0 Å². The summed E-state index contributed by atoms with van der Waals surface area (Å²) in [4.78, 5) is 21.1. The van der Waals surface area contributed by atoms with Crippen LogP contribution in [0.3, 0.4) is 0 Å². The molecule has 21 heavy (non-hydrogen) atoms. The van der Waals surface area contributed by atoms with Crippen LogP contribution in [-0.4, -0.2) is 44.4 Å². The van der Waals surface area contributed by atoms with Gasteiger partial charge in [0, 0.05) is 32.4 Å². The molecule has 0 amide bonds. The summed E-state index contributed by atoms with van der Waals surface area (Å²) in [5, 5.41) is 4.20. The normalized spacial score (nSPS) is 19.8. The van der Waals surface area contributed by atoms with E-state index in [-0.39, 0.29) is 11.6 Å². The Bertz CT molecular complexity index is 678. The van der Waals surface area contributed by atoms with E-state index < -0.39 is 0 Å². The van der Waals surface area contributed by atoms with Crippen molar-refractivity contribution in [3.63, 3.8) is 0 Å². The van der Waals surface area contributed by atoms with Crippen LogP contribution in [0.1, 0.15) is 23.3 Å². The molecule has 0 saturated carbocycles. The van der Waals surface area contributed by atoms with E-state index in [4.69, 9.17) is 4.74 Å². The van der Waals surface area contributed by atoms with Gasteiger partial charge in [0.2, 0.25) is 0 Å². The van der Waals surface area contributed by atoms with Crippen LogP contribution in [0.15, 0.2) is 23.1 Å². The van der Waals surface area contributed by atoms with Crippen molar-refractivity contribution in [2.45, 2.75) is 19.5 Å². The first-order valence-electron chi connectivity index (χ1n) is 7.00. The molecule has 3 heterocycles. The molecule has 3 rings (SSSR count). The minimum atomic E-state index is -0.122. The smallest absolute Gasteiger partial charge is 0.251 e. The van der Waals surface area contributed by atoms with Crippen LogP contribution in [0.4, 0.5) is 0 Å². The van der Waals surface area contributed by atoms with Crippen molar-refractivity contribution >= 4 is 0 Å². The van der Waals surface area contributed by atoms with Crippen molar-refractivity contribution in [3.8, 4) is 0 Å². The predicted molar refractivity (Wildman–Crippen MR) is 76.8 cm³/mol. The van der Waals surface area contributed by atoms with Gasteiger partial charge in [-0.25, -0.2) is 4.98 Å². The van der Waals surface area contributed by atoms with Gasteiger partial charge in [-0.15, -0.1) is 0 Å². The number of aromatic amines is 1. The third kappa shape index (κ3) is 3.03. The lowest BCUT2D eigenvalue weighted by Crippen LogP contribution is -2.40. The van der Waals surface area contributed by atoms with Gasteiger partial charge in [0.05, 0.1) is 30.6 Å². The number of morpholine rings is 1. The topological polar surface area (TPSA) is 76.0 Å². The molecule has 0 radical (unpaired) electrons. The molecule has 7 heteroatoms. The molecule has 1 aliphatic heterocycles. The first kappa shape index (κ1) is 14.0. The van der Waals surface area contributed by atoms with E-state index in [2.05, 4.69) is 20.0 Å². The number of hydrogen-bond donors (Lipinski definition) is 1. The highest BCUT2D eigenvalue weighted by Gasteiger charge is 2.27. The number of ether oxygens (including phenoxy) is 1. The Labute approximate surface area is 122 Å². The molecule has 1 unspecified atom stereocenters. The number of hydrogen-bond acceptors (Lipinski definition) is 5. The van der Waals surface area contributed by atoms with Crippen molar-refractivity contribution in [2.75, 3.05) is 19.8 Å². The van der Waals surface area contributed by atoms with Gasteiger partial charge in [-0.3, -0.25) is 14.4 Å². The Morgan fingerprint density at radius 1 is 1.52 bits per heavy atom. The molecule has 1 fully saturated rings. The summed E-state index contributed by atoms with van der Waals surface area (Å²) in [7, 11) is 1.93. The van der Waals surface area contributed by atoms with Crippen molar-refractivity contribution in [1.29, 1.82) is 0 Å². The fourth-order valence-corrected chi connectivity index (χ4v) is 2.64. The number of nitrogens with zero attached hydrogens (tertiary/aromatic N) is 4. The molecular formula is C14H19N5O2. The second-order valence-corrected chi connectivity index (χ2v) is 5.26. The summed E-state index contributed by atoms with van der Waals surface area (Å²) in [6.45, 7) is 4.60. The maximum Gasteiger partial charge on any atom is 0.251 e. The number of rotatable bonds is 3. The average molecular weight is 289 g/mol. The summed E-state index contributed by atoms with van der Waals surface area (Å²) < 4.78 is 7.44. The number of H-pyrrole nitrogens is 1. The van der Waals surface area contributed by atoms with E-state index in [9.17, 15) is 4.79 Å². The molecule has 1 aliphatic rings. The van der Waals surface area contributed by atoms with Gasteiger partial charge < -0.3 is 9.72 Å². The second kappa shape index (κ2) is 5.79. The van der Waals surface area contributed by atoms with Crippen LogP contribution in [-0.2, 0) is 18.3 Å². The summed E-state index contributed by atoms with van der Waals surface area (Å²) in [6, 6.07) is 3.56. The zero-order valence-electron chi connectivity index (χ0n) is 12.2. The third-order valence-corrected chi connectivity index (χ3v) is 3.75. The second-order valence-electron chi connectivity index (χ2n) is 5.26.